The molecule has 1 aliphatic rings. The number of rotatable bonds is 5. The van der Waals surface area contributed by atoms with Gasteiger partial charge in [-0.15, -0.1) is 11.3 Å². The van der Waals surface area contributed by atoms with E-state index in [0.717, 1.165) is 28.3 Å². The van der Waals surface area contributed by atoms with E-state index in [4.69, 9.17) is 11.6 Å². The molecule has 1 amide bonds. The Balaban J connectivity index is 1.56. The van der Waals surface area contributed by atoms with Gasteiger partial charge in [0.05, 0.1) is 6.54 Å². The van der Waals surface area contributed by atoms with Crippen molar-refractivity contribution < 1.29 is 4.79 Å². The second-order valence-electron chi connectivity index (χ2n) is 6.15. The lowest BCUT2D eigenvalue weighted by molar-refractivity contribution is 0.0731. The lowest BCUT2D eigenvalue weighted by Gasteiger charge is -2.21. The van der Waals surface area contributed by atoms with Crippen molar-refractivity contribution >= 4 is 28.8 Å². The first kappa shape index (κ1) is 16.3. The minimum absolute atomic E-state index is 0.0811. The summed E-state index contributed by atoms with van der Waals surface area (Å²) in [6, 6.07) is 15.9. The van der Waals surface area contributed by atoms with E-state index in [1.54, 1.807) is 35.9 Å². The molecule has 0 spiro atoms. The highest BCUT2D eigenvalue weighted by molar-refractivity contribution is 7.15. The predicted molar refractivity (Wildman–Crippen MR) is 102 cm³/mol. The summed E-state index contributed by atoms with van der Waals surface area (Å²) in [5, 5.41) is 0.753. The molecule has 2 aromatic heterocycles. The Morgan fingerprint density at radius 3 is 2.60 bits per heavy atom. The third kappa shape index (κ3) is 3.60. The summed E-state index contributed by atoms with van der Waals surface area (Å²) in [6.45, 7) is 0.640. The third-order valence-electron chi connectivity index (χ3n) is 4.30. The molecule has 4 rings (SSSR count). The summed E-state index contributed by atoms with van der Waals surface area (Å²) in [6.07, 6.45) is 5.50. The van der Waals surface area contributed by atoms with Crippen molar-refractivity contribution in [2.75, 3.05) is 0 Å². The van der Waals surface area contributed by atoms with Gasteiger partial charge in [-0.3, -0.25) is 9.78 Å². The zero-order valence-corrected chi connectivity index (χ0v) is 15.1. The van der Waals surface area contributed by atoms with Gasteiger partial charge in [0.15, 0.2) is 0 Å². The molecule has 25 heavy (non-hydrogen) atoms. The van der Waals surface area contributed by atoms with Crippen molar-refractivity contribution in [3.8, 4) is 10.4 Å². The summed E-state index contributed by atoms with van der Waals surface area (Å²) in [4.78, 5) is 21.1. The molecule has 2 heterocycles. The lowest BCUT2D eigenvalue weighted by atomic mass is 10.2. The second-order valence-corrected chi connectivity index (χ2v) is 7.72. The van der Waals surface area contributed by atoms with Gasteiger partial charge in [-0.2, -0.15) is 0 Å². The van der Waals surface area contributed by atoms with Crippen LogP contribution in [0.25, 0.3) is 10.4 Å². The van der Waals surface area contributed by atoms with Gasteiger partial charge in [0.25, 0.3) is 5.91 Å². The predicted octanol–water partition coefficient (Wildman–Crippen LogP) is 5.27. The molecule has 0 N–H and O–H groups in total. The Bertz CT molecular complexity index is 889. The van der Waals surface area contributed by atoms with Gasteiger partial charge in [0.1, 0.15) is 0 Å². The minimum atomic E-state index is 0.0811. The maximum absolute atomic E-state index is 12.8. The van der Waals surface area contributed by atoms with E-state index in [-0.39, 0.29) is 5.91 Å². The SMILES string of the molecule is O=C(c1ccncc1)N(Cc1ccc(-c2ccccc2Cl)s1)C1CC1. The van der Waals surface area contributed by atoms with Gasteiger partial charge in [0, 0.05) is 44.3 Å². The Morgan fingerprint density at radius 1 is 1.12 bits per heavy atom. The summed E-state index contributed by atoms with van der Waals surface area (Å²) < 4.78 is 0. The highest BCUT2D eigenvalue weighted by Crippen LogP contribution is 2.35. The van der Waals surface area contributed by atoms with Crippen molar-refractivity contribution in [3.05, 3.63) is 76.4 Å². The van der Waals surface area contributed by atoms with Crippen molar-refractivity contribution in [1.82, 2.24) is 9.88 Å². The highest BCUT2D eigenvalue weighted by atomic mass is 35.5. The number of nitrogens with zero attached hydrogens (tertiary/aromatic N) is 2. The Morgan fingerprint density at radius 2 is 1.88 bits per heavy atom. The number of pyridine rings is 1. The van der Waals surface area contributed by atoms with E-state index in [1.807, 2.05) is 29.2 Å². The summed E-state index contributed by atoms with van der Waals surface area (Å²) >= 11 is 8.00. The molecule has 3 aromatic rings. The smallest absolute Gasteiger partial charge is 0.254 e. The van der Waals surface area contributed by atoms with Crippen LogP contribution in [-0.4, -0.2) is 21.8 Å². The maximum atomic E-state index is 12.8. The standard InChI is InChI=1S/C20H17ClN2OS/c21-18-4-2-1-3-17(18)19-8-7-16(25-19)13-23(15-5-6-15)20(24)14-9-11-22-12-10-14/h1-4,7-12,15H,5-6,13H2. The van der Waals surface area contributed by atoms with Crippen LogP contribution >= 0.6 is 22.9 Å². The Hall–Kier alpha value is -2.17. The number of hydrogen-bond donors (Lipinski definition) is 0. The zero-order chi connectivity index (χ0) is 17.2. The maximum Gasteiger partial charge on any atom is 0.254 e. The zero-order valence-electron chi connectivity index (χ0n) is 13.6. The quantitative estimate of drug-likeness (QED) is 0.614. The first-order valence-electron chi connectivity index (χ1n) is 8.27. The topological polar surface area (TPSA) is 33.2 Å². The van der Waals surface area contributed by atoms with Crippen LogP contribution in [0.1, 0.15) is 28.1 Å². The molecule has 3 nitrogen and oxygen atoms in total. The molecule has 0 radical (unpaired) electrons. The molecule has 5 heteroatoms. The fraction of sp³-hybridized carbons (Fsp3) is 0.200. The molecule has 1 fully saturated rings. The van der Waals surface area contributed by atoms with Crippen molar-refractivity contribution in [2.24, 2.45) is 0 Å². The number of aromatic nitrogens is 1. The second kappa shape index (κ2) is 6.98. The molecule has 1 aromatic carbocycles. The van der Waals surface area contributed by atoms with E-state index in [1.165, 1.54) is 4.88 Å². The van der Waals surface area contributed by atoms with Gasteiger partial charge in [-0.05, 0) is 43.2 Å². The number of carbonyl (C=O) groups is 1. The Labute approximate surface area is 155 Å². The van der Waals surface area contributed by atoms with E-state index >= 15 is 0 Å². The van der Waals surface area contributed by atoms with E-state index in [2.05, 4.69) is 17.1 Å². The van der Waals surface area contributed by atoms with Crippen LogP contribution in [0.3, 0.4) is 0 Å². The number of carbonyl (C=O) groups excluding carboxylic acids is 1. The number of halogens is 1. The normalized spacial score (nSPS) is 13.6. The Kier molecular flexibility index (Phi) is 4.55. The molecule has 1 aliphatic carbocycles. The van der Waals surface area contributed by atoms with E-state index in [9.17, 15) is 4.79 Å². The van der Waals surface area contributed by atoms with Crippen molar-refractivity contribution in [1.29, 1.82) is 0 Å². The van der Waals surface area contributed by atoms with Gasteiger partial charge in [-0.1, -0.05) is 29.8 Å². The first-order chi connectivity index (χ1) is 12.2. The minimum Gasteiger partial charge on any atom is -0.331 e. The molecule has 0 atom stereocenters. The highest BCUT2D eigenvalue weighted by Gasteiger charge is 2.33. The monoisotopic (exact) mass is 368 g/mol. The van der Waals surface area contributed by atoms with Crippen LogP contribution < -0.4 is 0 Å². The number of benzene rings is 1. The molecule has 0 saturated heterocycles. The molecular weight excluding hydrogens is 352 g/mol. The average molecular weight is 369 g/mol. The summed E-state index contributed by atoms with van der Waals surface area (Å²) in [7, 11) is 0. The van der Waals surface area contributed by atoms with Gasteiger partial charge in [-0.25, -0.2) is 0 Å². The van der Waals surface area contributed by atoms with Gasteiger partial charge < -0.3 is 4.90 Å². The first-order valence-corrected chi connectivity index (χ1v) is 9.46. The summed E-state index contributed by atoms with van der Waals surface area (Å²) in [5.74, 6) is 0.0811. The van der Waals surface area contributed by atoms with E-state index in [0.29, 0.717) is 18.2 Å². The number of thiophene rings is 1. The largest absolute Gasteiger partial charge is 0.331 e. The van der Waals surface area contributed by atoms with E-state index < -0.39 is 0 Å². The van der Waals surface area contributed by atoms with Crippen LogP contribution in [0.15, 0.2) is 60.9 Å². The van der Waals surface area contributed by atoms with Crippen LogP contribution in [0.2, 0.25) is 5.02 Å². The fourth-order valence-electron chi connectivity index (χ4n) is 2.85. The van der Waals surface area contributed by atoms with Crippen LogP contribution in [0, 0.1) is 0 Å². The van der Waals surface area contributed by atoms with Crippen LogP contribution in [0.5, 0.6) is 0 Å². The number of amides is 1. The average Bonchev–Trinajstić information content (AvgIpc) is 3.39. The molecular formula is C20H17ClN2OS. The molecule has 0 bridgehead atoms. The van der Waals surface area contributed by atoms with Gasteiger partial charge >= 0.3 is 0 Å². The molecule has 1 saturated carbocycles. The fourth-order valence-corrected chi connectivity index (χ4v) is 4.19. The van der Waals surface area contributed by atoms with Crippen LogP contribution in [-0.2, 0) is 6.54 Å². The number of hydrogen-bond acceptors (Lipinski definition) is 3. The van der Waals surface area contributed by atoms with Crippen molar-refractivity contribution in [2.45, 2.75) is 25.4 Å². The molecule has 0 aliphatic heterocycles. The third-order valence-corrected chi connectivity index (χ3v) is 5.74. The van der Waals surface area contributed by atoms with Gasteiger partial charge in [0.2, 0.25) is 0 Å². The van der Waals surface area contributed by atoms with Crippen molar-refractivity contribution in [3.63, 3.8) is 0 Å². The lowest BCUT2D eigenvalue weighted by Crippen LogP contribution is -2.32. The summed E-state index contributed by atoms with van der Waals surface area (Å²) in [5.41, 5.74) is 1.74. The van der Waals surface area contributed by atoms with Crippen LogP contribution in [0.4, 0.5) is 0 Å². The molecule has 126 valence electrons. The molecule has 0 unspecified atom stereocenters.